The molecule has 0 saturated carbocycles. The minimum Gasteiger partial charge on any atom is -0.351 e. The van der Waals surface area contributed by atoms with Crippen LogP contribution in [0.1, 0.15) is 27.7 Å². The van der Waals surface area contributed by atoms with Crippen molar-refractivity contribution in [3.05, 3.63) is 12.8 Å². The van der Waals surface area contributed by atoms with Gasteiger partial charge in [-0.05, 0) is 20.0 Å². The van der Waals surface area contributed by atoms with Gasteiger partial charge in [-0.3, -0.25) is 4.99 Å². The smallest absolute Gasteiger partial charge is 0.103 e. The summed E-state index contributed by atoms with van der Waals surface area (Å²) >= 11 is 0. The molecule has 0 rings (SSSR count). The molecule has 0 spiro atoms. The van der Waals surface area contributed by atoms with Crippen LogP contribution < -0.4 is 5.32 Å². The van der Waals surface area contributed by atoms with Crippen molar-refractivity contribution in [2.24, 2.45) is 10.9 Å². The van der Waals surface area contributed by atoms with Gasteiger partial charge in [0.25, 0.3) is 0 Å². The van der Waals surface area contributed by atoms with Gasteiger partial charge in [-0.1, -0.05) is 20.4 Å². The number of rotatable bonds is 3. The molecule has 1 N–H and O–H groups in total. The van der Waals surface area contributed by atoms with E-state index in [1.54, 1.807) is 6.20 Å². The molecule has 0 aliphatic carbocycles. The van der Waals surface area contributed by atoms with Crippen LogP contribution in [0.3, 0.4) is 0 Å². The zero-order valence-electron chi connectivity index (χ0n) is 7.89. The highest BCUT2D eigenvalue weighted by Gasteiger charge is 2.02. The molecule has 0 radical (unpaired) electrons. The van der Waals surface area contributed by atoms with Crippen molar-refractivity contribution in [1.29, 1.82) is 0 Å². The van der Waals surface area contributed by atoms with Gasteiger partial charge in [0.05, 0.1) is 0 Å². The second-order valence-corrected chi connectivity index (χ2v) is 3.11. The van der Waals surface area contributed by atoms with E-state index in [1.165, 1.54) is 0 Å². The van der Waals surface area contributed by atoms with E-state index in [9.17, 15) is 0 Å². The number of hydrogen-bond donors (Lipinski definition) is 1. The highest BCUT2D eigenvalue weighted by atomic mass is 15.0. The van der Waals surface area contributed by atoms with Crippen molar-refractivity contribution in [3.8, 4) is 0 Å². The molecule has 0 amide bonds. The van der Waals surface area contributed by atoms with E-state index in [1.807, 2.05) is 0 Å². The van der Waals surface area contributed by atoms with E-state index in [2.05, 4.69) is 44.6 Å². The Bertz CT molecular complexity index is 146. The summed E-state index contributed by atoms with van der Waals surface area (Å²) in [5.74, 6) is 1.45. The lowest BCUT2D eigenvalue weighted by Crippen LogP contribution is -2.24. The quantitative estimate of drug-likeness (QED) is 0.489. The van der Waals surface area contributed by atoms with Crippen LogP contribution in [-0.4, -0.2) is 11.9 Å². The fourth-order valence-electron chi connectivity index (χ4n) is 0.736. The summed E-state index contributed by atoms with van der Waals surface area (Å²) in [7, 11) is 0. The predicted molar refractivity (Wildman–Crippen MR) is 50.7 cm³/mol. The number of hydrogen-bond acceptors (Lipinski definition) is 1. The first-order chi connectivity index (χ1) is 5.07. The molecule has 0 aliphatic heterocycles. The van der Waals surface area contributed by atoms with Gasteiger partial charge >= 0.3 is 0 Å². The summed E-state index contributed by atoms with van der Waals surface area (Å²) in [4.78, 5) is 4.40. The Kier molecular flexibility index (Phi) is 4.59. The molecule has 0 fully saturated rings. The van der Waals surface area contributed by atoms with Crippen LogP contribution in [0.4, 0.5) is 0 Å². The Balaban J connectivity index is 4.19. The zero-order chi connectivity index (χ0) is 8.85. The van der Waals surface area contributed by atoms with Gasteiger partial charge in [0.1, 0.15) is 5.84 Å². The summed E-state index contributed by atoms with van der Waals surface area (Å²) in [6.07, 6.45) is 1.67. The van der Waals surface area contributed by atoms with Gasteiger partial charge in [0.15, 0.2) is 0 Å². The van der Waals surface area contributed by atoms with Crippen molar-refractivity contribution in [2.75, 3.05) is 0 Å². The largest absolute Gasteiger partial charge is 0.351 e. The predicted octanol–water partition coefficient (Wildman–Crippen LogP) is 2.18. The van der Waals surface area contributed by atoms with Crippen LogP contribution in [0.2, 0.25) is 0 Å². The van der Waals surface area contributed by atoms with Gasteiger partial charge in [-0.2, -0.15) is 0 Å². The van der Waals surface area contributed by atoms with Gasteiger partial charge in [0, 0.05) is 12.0 Å². The Morgan fingerprint density at radius 2 is 1.91 bits per heavy atom. The van der Waals surface area contributed by atoms with Crippen molar-refractivity contribution in [2.45, 2.75) is 33.7 Å². The van der Waals surface area contributed by atoms with Crippen LogP contribution in [0.25, 0.3) is 0 Å². The summed E-state index contributed by atoms with van der Waals surface area (Å²) in [5.41, 5.74) is 0. The van der Waals surface area contributed by atoms with Crippen LogP contribution in [0, 0.1) is 5.92 Å². The average Bonchev–Trinajstić information content (AvgIpc) is 1.86. The molecular formula is C9H18N2. The van der Waals surface area contributed by atoms with Crippen molar-refractivity contribution in [3.63, 3.8) is 0 Å². The molecule has 11 heavy (non-hydrogen) atoms. The van der Waals surface area contributed by atoms with Gasteiger partial charge in [-0.25, -0.2) is 0 Å². The van der Waals surface area contributed by atoms with Gasteiger partial charge in [-0.15, -0.1) is 0 Å². The maximum absolute atomic E-state index is 4.40. The first-order valence-corrected chi connectivity index (χ1v) is 4.03. The van der Waals surface area contributed by atoms with Gasteiger partial charge < -0.3 is 5.32 Å². The molecule has 0 unspecified atom stereocenters. The Morgan fingerprint density at radius 3 is 2.18 bits per heavy atom. The number of amidine groups is 1. The monoisotopic (exact) mass is 154 g/mol. The molecule has 0 heterocycles. The van der Waals surface area contributed by atoms with Crippen molar-refractivity contribution in [1.82, 2.24) is 5.32 Å². The fraction of sp³-hybridized carbons (Fsp3) is 0.667. The second-order valence-electron chi connectivity index (χ2n) is 3.11. The molecule has 0 aliphatic rings. The molecule has 64 valence electrons. The maximum atomic E-state index is 4.40. The normalized spacial score (nSPS) is 12.4. The molecule has 2 heteroatoms. The highest BCUT2D eigenvalue weighted by molar-refractivity contribution is 5.84. The lowest BCUT2D eigenvalue weighted by Gasteiger charge is -2.10. The van der Waals surface area contributed by atoms with E-state index in [0.29, 0.717) is 12.0 Å². The fourth-order valence-corrected chi connectivity index (χ4v) is 0.736. The third-order valence-electron chi connectivity index (χ3n) is 1.19. The molecule has 2 nitrogen and oxygen atoms in total. The Morgan fingerprint density at radius 1 is 1.36 bits per heavy atom. The first kappa shape index (κ1) is 10.2. The lowest BCUT2D eigenvalue weighted by atomic mass is 10.2. The minimum atomic E-state index is 0.347. The van der Waals surface area contributed by atoms with Crippen LogP contribution in [0.5, 0.6) is 0 Å². The van der Waals surface area contributed by atoms with E-state index in [4.69, 9.17) is 0 Å². The third-order valence-corrected chi connectivity index (χ3v) is 1.19. The number of aliphatic imine (C=N–C) groups is 1. The SMILES string of the molecule is C=CN/C(=N\C(C)C)C(C)C. The van der Waals surface area contributed by atoms with E-state index >= 15 is 0 Å². The lowest BCUT2D eigenvalue weighted by molar-refractivity contribution is 0.776. The molecule has 0 aromatic heterocycles. The van der Waals surface area contributed by atoms with E-state index in [-0.39, 0.29) is 0 Å². The topological polar surface area (TPSA) is 24.4 Å². The first-order valence-electron chi connectivity index (χ1n) is 4.03. The number of nitrogens with one attached hydrogen (secondary N) is 1. The third kappa shape index (κ3) is 4.59. The summed E-state index contributed by atoms with van der Waals surface area (Å²) in [6.45, 7) is 11.9. The molecule has 0 saturated heterocycles. The molecular weight excluding hydrogens is 136 g/mol. The average molecular weight is 154 g/mol. The van der Waals surface area contributed by atoms with E-state index in [0.717, 1.165) is 5.84 Å². The molecule has 0 bridgehead atoms. The Labute approximate surface area is 69.4 Å². The minimum absolute atomic E-state index is 0.347. The summed E-state index contributed by atoms with van der Waals surface area (Å²) < 4.78 is 0. The van der Waals surface area contributed by atoms with Crippen LogP contribution in [-0.2, 0) is 0 Å². The standard InChI is InChI=1S/C9H18N2/c1-6-10-9(7(2)3)11-8(4)5/h6-8H,1H2,2-5H3,(H,10,11). The highest BCUT2D eigenvalue weighted by Crippen LogP contribution is 1.97. The second kappa shape index (κ2) is 4.94. The molecule has 0 aromatic carbocycles. The van der Waals surface area contributed by atoms with E-state index < -0.39 is 0 Å². The van der Waals surface area contributed by atoms with Crippen molar-refractivity contribution < 1.29 is 0 Å². The van der Waals surface area contributed by atoms with Crippen LogP contribution >= 0.6 is 0 Å². The molecule has 0 aromatic rings. The Hall–Kier alpha value is -0.790. The van der Waals surface area contributed by atoms with Gasteiger partial charge in [0.2, 0.25) is 0 Å². The summed E-state index contributed by atoms with van der Waals surface area (Å²) in [6, 6.07) is 0.347. The maximum Gasteiger partial charge on any atom is 0.103 e. The summed E-state index contributed by atoms with van der Waals surface area (Å²) in [5, 5.41) is 3.03. The van der Waals surface area contributed by atoms with Crippen LogP contribution in [0.15, 0.2) is 17.8 Å². The number of nitrogens with zero attached hydrogens (tertiary/aromatic N) is 1. The zero-order valence-corrected chi connectivity index (χ0v) is 7.89. The molecule has 0 atom stereocenters. The van der Waals surface area contributed by atoms with Crippen molar-refractivity contribution >= 4 is 5.84 Å².